The summed E-state index contributed by atoms with van der Waals surface area (Å²) in [5.41, 5.74) is 1.02. The fourth-order valence-corrected chi connectivity index (χ4v) is 3.75. The molecule has 132 valence electrons. The molecule has 0 bridgehead atoms. The average molecular weight is 331 g/mol. The predicted octanol–water partition coefficient (Wildman–Crippen LogP) is 2.47. The van der Waals surface area contributed by atoms with Crippen LogP contribution in [0.1, 0.15) is 31.2 Å². The fraction of sp³-hybridized carbons (Fsp3) is 0.632. The standard InChI is InChI=1S/C19H29N3O2/c1-21-10-12-22(13-11-21)18-9-5-8-17(14-18)20-19(23)24-15-16-6-3-2-4-7-16/h2-4,6-7,17-18H,5,8-15H2,1H3,(H,20,23)/t17-,18+/m1/s1. The van der Waals surface area contributed by atoms with E-state index in [2.05, 4.69) is 22.2 Å². The molecule has 1 amide bonds. The van der Waals surface area contributed by atoms with Crippen molar-refractivity contribution in [1.82, 2.24) is 15.1 Å². The minimum absolute atomic E-state index is 0.242. The number of alkyl carbamates (subject to hydrolysis) is 1. The molecule has 1 aromatic rings. The van der Waals surface area contributed by atoms with E-state index in [1.54, 1.807) is 0 Å². The Labute approximate surface area is 145 Å². The van der Waals surface area contributed by atoms with E-state index in [9.17, 15) is 4.79 Å². The number of carbonyl (C=O) groups excluding carboxylic acids is 1. The number of nitrogens with zero attached hydrogens (tertiary/aromatic N) is 2. The molecule has 1 aromatic carbocycles. The number of hydrogen-bond donors (Lipinski definition) is 1. The molecular weight excluding hydrogens is 302 g/mol. The second kappa shape index (κ2) is 8.49. The van der Waals surface area contributed by atoms with Crippen molar-refractivity contribution in [2.75, 3.05) is 33.2 Å². The summed E-state index contributed by atoms with van der Waals surface area (Å²) >= 11 is 0. The van der Waals surface area contributed by atoms with Crippen LogP contribution in [0, 0.1) is 0 Å². The van der Waals surface area contributed by atoms with Crippen LogP contribution in [0.25, 0.3) is 0 Å². The molecule has 5 nitrogen and oxygen atoms in total. The van der Waals surface area contributed by atoms with E-state index >= 15 is 0 Å². The van der Waals surface area contributed by atoms with E-state index in [4.69, 9.17) is 4.74 Å². The highest BCUT2D eigenvalue weighted by atomic mass is 16.5. The molecule has 0 spiro atoms. The minimum Gasteiger partial charge on any atom is -0.445 e. The van der Waals surface area contributed by atoms with Crippen LogP contribution in [-0.2, 0) is 11.3 Å². The van der Waals surface area contributed by atoms with Gasteiger partial charge in [0.25, 0.3) is 0 Å². The molecule has 3 rings (SSSR count). The third-order valence-electron chi connectivity index (χ3n) is 5.24. The van der Waals surface area contributed by atoms with Crippen LogP contribution in [0.5, 0.6) is 0 Å². The summed E-state index contributed by atoms with van der Waals surface area (Å²) < 4.78 is 5.36. The molecule has 0 radical (unpaired) electrons. The maximum atomic E-state index is 12.1. The summed E-state index contributed by atoms with van der Waals surface area (Å²) in [6.45, 7) is 4.92. The van der Waals surface area contributed by atoms with E-state index in [-0.39, 0.29) is 12.1 Å². The first-order valence-corrected chi connectivity index (χ1v) is 9.10. The molecular formula is C19H29N3O2. The largest absolute Gasteiger partial charge is 0.445 e. The SMILES string of the molecule is CN1CCN([C@H]2CCC[C@@H](NC(=O)OCc3ccccc3)C2)CC1. The Morgan fingerprint density at radius 2 is 1.92 bits per heavy atom. The lowest BCUT2D eigenvalue weighted by Crippen LogP contribution is -2.52. The van der Waals surface area contributed by atoms with Gasteiger partial charge in [-0.3, -0.25) is 4.90 Å². The lowest BCUT2D eigenvalue weighted by atomic mass is 9.89. The van der Waals surface area contributed by atoms with Crippen molar-refractivity contribution >= 4 is 6.09 Å². The number of amides is 1. The van der Waals surface area contributed by atoms with Gasteiger partial charge >= 0.3 is 6.09 Å². The Morgan fingerprint density at radius 3 is 2.67 bits per heavy atom. The topological polar surface area (TPSA) is 44.8 Å². The second-order valence-electron chi connectivity index (χ2n) is 7.06. The van der Waals surface area contributed by atoms with Gasteiger partial charge in [-0.2, -0.15) is 0 Å². The second-order valence-corrected chi connectivity index (χ2v) is 7.06. The van der Waals surface area contributed by atoms with E-state index in [1.807, 2.05) is 30.3 Å². The molecule has 1 aliphatic carbocycles. The zero-order valence-corrected chi connectivity index (χ0v) is 14.6. The molecule has 1 saturated carbocycles. The van der Waals surface area contributed by atoms with Crippen LogP contribution in [-0.4, -0.2) is 61.2 Å². The van der Waals surface area contributed by atoms with Gasteiger partial charge in [-0.05, 0) is 38.3 Å². The Morgan fingerprint density at radius 1 is 1.17 bits per heavy atom. The fourth-order valence-electron chi connectivity index (χ4n) is 3.75. The highest BCUT2D eigenvalue weighted by Crippen LogP contribution is 2.24. The lowest BCUT2D eigenvalue weighted by Gasteiger charge is -2.41. The van der Waals surface area contributed by atoms with Gasteiger partial charge in [0, 0.05) is 38.3 Å². The molecule has 1 N–H and O–H groups in total. The van der Waals surface area contributed by atoms with Crippen molar-refractivity contribution in [3.05, 3.63) is 35.9 Å². The van der Waals surface area contributed by atoms with Gasteiger partial charge in [0.2, 0.25) is 0 Å². The van der Waals surface area contributed by atoms with Gasteiger partial charge in [-0.15, -0.1) is 0 Å². The van der Waals surface area contributed by atoms with Crippen LogP contribution >= 0.6 is 0 Å². The molecule has 24 heavy (non-hydrogen) atoms. The van der Waals surface area contributed by atoms with E-state index in [0.29, 0.717) is 12.6 Å². The predicted molar refractivity (Wildman–Crippen MR) is 94.9 cm³/mol. The maximum Gasteiger partial charge on any atom is 0.407 e. The molecule has 2 aliphatic rings. The highest BCUT2D eigenvalue weighted by Gasteiger charge is 2.29. The van der Waals surface area contributed by atoms with Crippen LogP contribution < -0.4 is 5.32 Å². The third-order valence-corrected chi connectivity index (χ3v) is 5.24. The first-order chi connectivity index (χ1) is 11.7. The van der Waals surface area contributed by atoms with Crippen molar-refractivity contribution in [1.29, 1.82) is 0 Å². The van der Waals surface area contributed by atoms with Crippen LogP contribution in [0.4, 0.5) is 4.79 Å². The quantitative estimate of drug-likeness (QED) is 0.921. The Hall–Kier alpha value is -1.59. The van der Waals surface area contributed by atoms with E-state index in [0.717, 1.165) is 44.6 Å². The summed E-state index contributed by atoms with van der Waals surface area (Å²) in [6, 6.07) is 10.7. The molecule has 1 heterocycles. The number of ether oxygens (including phenoxy) is 1. The van der Waals surface area contributed by atoms with Gasteiger partial charge in [-0.1, -0.05) is 30.3 Å². The summed E-state index contributed by atoms with van der Waals surface area (Å²) in [5.74, 6) is 0. The Kier molecular flexibility index (Phi) is 6.10. The number of hydrogen-bond acceptors (Lipinski definition) is 4. The minimum atomic E-state index is -0.289. The number of likely N-dealkylation sites (N-methyl/N-ethyl adjacent to an activating group) is 1. The molecule has 2 fully saturated rings. The first-order valence-electron chi connectivity index (χ1n) is 9.10. The summed E-state index contributed by atoms with van der Waals surface area (Å²) in [4.78, 5) is 17.0. The van der Waals surface area contributed by atoms with E-state index in [1.165, 1.54) is 12.8 Å². The smallest absolute Gasteiger partial charge is 0.407 e. The molecule has 0 aromatic heterocycles. The van der Waals surface area contributed by atoms with Crippen molar-refractivity contribution in [2.24, 2.45) is 0 Å². The normalized spacial score (nSPS) is 26.0. The van der Waals surface area contributed by atoms with Crippen molar-refractivity contribution in [3.63, 3.8) is 0 Å². The third kappa shape index (κ3) is 4.95. The van der Waals surface area contributed by atoms with Gasteiger partial charge in [-0.25, -0.2) is 4.79 Å². The highest BCUT2D eigenvalue weighted by molar-refractivity contribution is 5.67. The number of rotatable bonds is 4. The van der Waals surface area contributed by atoms with Crippen molar-refractivity contribution in [2.45, 2.75) is 44.4 Å². The Bertz CT molecular complexity index is 515. The van der Waals surface area contributed by atoms with E-state index < -0.39 is 0 Å². The zero-order chi connectivity index (χ0) is 16.8. The Balaban J connectivity index is 1.42. The number of carbonyl (C=O) groups is 1. The van der Waals surface area contributed by atoms with Gasteiger partial charge in [0.05, 0.1) is 0 Å². The van der Waals surface area contributed by atoms with Crippen molar-refractivity contribution < 1.29 is 9.53 Å². The van der Waals surface area contributed by atoms with Crippen LogP contribution in [0.3, 0.4) is 0 Å². The molecule has 5 heteroatoms. The van der Waals surface area contributed by atoms with Gasteiger partial charge in [0.15, 0.2) is 0 Å². The maximum absolute atomic E-state index is 12.1. The summed E-state index contributed by atoms with van der Waals surface area (Å²) in [7, 11) is 2.19. The van der Waals surface area contributed by atoms with Gasteiger partial charge < -0.3 is 15.0 Å². The summed E-state index contributed by atoms with van der Waals surface area (Å²) in [5, 5.41) is 3.07. The molecule has 2 atom stereocenters. The molecule has 1 saturated heterocycles. The number of nitrogens with one attached hydrogen (secondary N) is 1. The zero-order valence-electron chi connectivity index (χ0n) is 14.6. The lowest BCUT2D eigenvalue weighted by molar-refractivity contribution is 0.0794. The number of piperazine rings is 1. The van der Waals surface area contributed by atoms with Crippen LogP contribution in [0.2, 0.25) is 0 Å². The van der Waals surface area contributed by atoms with Crippen LogP contribution in [0.15, 0.2) is 30.3 Å². The van der Waals surface area contributed by atoms with Gasteiger partial charge in [0.1, 0.15) is 6.61 Å². The molecule has 0 unspecified atom stereocenters. The van der Waals surface area contributed by atoms with Crippen molar-refractivity contribution in [3.8, 4) is 0 Å². The molecule has 1 aliphatic heterocycles. The average Bonchev–Trinajstić information content (AvgIpc) is 2.62. The number of benzene rings is 1. The first kappa shape index (κ1) is 17.2. The monoisotopic (exact) mass is 331 g/mol. The summed E-state index contributed by atoms with van der Waals surface area (Å²) in [6.07, 6.45) is 4.25.